The Kier molecular flexibility index (Phi) is 2.51. The van der Waals surface area contributed by atoms with Crippen LogP contribution in [0.5, 0.6) is 0 Å². The lowest BCUT2D eigenvalue weighted by molar-refractivity contribution is -0.146. The van der Waals surface area contributed by atoms with Gasteiger partial charge in [-0.15, -0.1) is 0 Å². The Labute approximate surface area is 74.6 Å². The van der Waals surface area contributed by atoms with Gasteiger partial charge < -0.3 is 10.1 Å². The van der Waals surface area contributed by atoms with Crippen molar-refractivity contribution in [3.63, 3.8) is 0 Å². The summed E-state index contributed by atoms with van der Waals surface area (Å²) in [5, 5.41) is 3.98. The van der Waals surface area contributed by atoms with Crippen LogP contribution in [0.15, 0.2) is 0 Å². The quantitative estimate of drug-likeness (QED) is 0.639. The second kappa shape index (κ2) is 3.29. The number of carbonyl (C=O) groups is 2. The Balaban J connectivity index is 2.78. The van der Waals surface area contributed by atoms with E-state index in [0.29, 0.717) is 0 Å². The van der Waals surface area contributed by atoms with E-state index in [9.17, 15) is 14.0 Å². The van der Waals surface area contributed by atoms with Gasteiger partial charge in [0.05, 0.1) is 0 Å². The van der Waals surface area contributed by atoms with Crippen LogP contribution in [0.2, 0.25) is 0 Å². The molecule has 0 aliphatic carbocycles. The molecule has 6 heteroatoms. The van der Waals surface area contributed by atoms with E-state index in [1.54, 1.807) is 6.92 Å². The van der Waals surface area contributed by atoms with Crippen molar-refractivity contribution in [3.8, 4) is 0 Å². The van der Waals surface area contributed by atoms with Gasteiger partial charge in [-0.05, 0) is 13.8 Å². The second-order valence-corrected chi connectivity index (χ2v) is 2.84. The Morgan fingerprint density at radius 2 is 2.23 bits per heavy atom. The highest BCUT2D eigenvalue weighted by Crippen LogP contribution is 2.19. The van der Waals surface area contributed by atoms with Crippen molar-refractivity contribution < 1.29 is 18.7 Å². The van der Waals surface area contributed by atoms with Crippen LogP contribution in [0, 0.1) is 0 Å². The lowest BCUT2D eigenvalue weighted by Gasteiger charge is -2.33. The number of hydrogen-bond donors (Lipinski definition) is 2. The van der Waals surface area contributed by atoms with Gasteiger partial charge in [0.15, 0.2) is 6.23 Å². The van der Waals surface area contributed by atoms with Crippen molar-refractivity contribution >= 4 is 11.9 Å². The highest BCUT2D eigenvalue weighted by molar-refractivity contribution is 6.01. The van der Waals surface area contributed by atoms with E-state index in [1.807, 2.05) is 5.32 Å². The van der Waals surface area contributed by atoms with E-state index in [1.165, 1.54) is 0 Å². The number of halogens is 1. The van der Waals surface area contributed by atoms with Crippen LogP contribution in [0.4, 0.5) is 9.18 Å². The van der Waals surface area contributed by atoms with Crippen molar-refractivity contribution in [2.24, 2.45) is 0 Å². The van der Waals surface area contributed by atoms with Gasteiger partial charge in [0.2, 0.25) is 5.67 Å². The summed E-state index contributed by atoms with van der Waals surface area (Å²) in [5.74, 6) is -0.977. The molecule has 0 aromatic heterocycles. The SMILES string of the molecule is CCOC1NC(=O)NC(=O)C1(C)F. The molecule has 1 fully saturated rings. The van der Waals surface area contributed by atoms with Crippen molar-refractivity contribution in [1.29, 1.82) is 0 Å². The van der Waals surface area contributed by atoms with E-state index in [4.69, 9.17) is 4.74 Å². The number of rotatable bonds is 2. The number of ether oxygens (including phenoxy) is 1. The molecule has 5 nitrogen and oxygen atoms in total. The number of hydrogen-bond acceptors (Lipinski definition) is 3. The van der Waals surface area contributed by atoms with Crippen LogP contribution < -0.4 is 10.6 Å². The molecule has 2 atom stereocenters. The highest BCUT2D eigenvalue weighted by Gasteiger charge is 2.48. The summed E-state index contributed by atoms with van der Waals surface area (Å²) in [6.07, 6.45) is -1.21. The summed E-state index contributed by atoms with van der Waals surface area (Å²) in [6.45, 7) is 2.93. The molecule has 2 unspecified atom stereocenters. The lowest BCUT2D eigenvalue weighted by Crippen LogP contribution is -2.66. The molecule has 0 spiro atoms. The monoisotopic (exact) mass is 190 g/mol. The molecule has 1 heterocycles. The second-order valence-electron chi connectivity index (χ2n) is 2.84. The minimum Gasteiger partial charge on any atom is -0.355 e. The van der Waals surface area contributed by atoms with E-state index >= 15 is 0 Å². The Bertz CT molecular complexity index is 242. The molecule has 1 rings (SSSR count). The van der Waals surface area contributed by atoms with Crippen molar-refractivity contribution in [2.45, 2.75) is 25.7 Å². The standard InChI is InChI=1S/C7H11FN2O3/c1-3-13-5-7(2,8)4(11)9-6(12)10-5/h5H,3H2,1-2H3,(H2,9,10,11,12). The van der Waals surface area contributed by atoms with Gasteiger partial charge in [0.25, 0.3) is 5.91 Å². The average molecular weight is 190 g/mol. The summed E-state index contributed by atoms with van der Waals surface area (Å²) in [6, 6.07) is -0.737. The normalized spacial score (nSPS) is 33.9. The first-order chi connectivity index (χ1) is 5.98. The van der Waals surface area contributed by atoms with Crippen molar-refractivity contribution in [2.75, 3.05) is 6.61 Å². The van der Waals surface area contributed by atoms with Gasteiger partial charge in [-0.1, -0.05) is 0 Å². The van der Waals surface area contributed by atoms with E-state index < -0.39 is 23.8 Å². The predicted octanol–water partition coefficient (Wildman–Crippen LogP) is -0.0834. The fourth-order valence-corrected chi connectivity index (χ4v) is 1.000. The molecule has 1 aliphatic rings. The molecule has 0 saturated carbocycles. The predicted molar refractivity (Wildman–Crippen MR) is 41.6 cm³/mol. The highest BCUT2D eigenvalue weighted by atomic mass is 19.1. The van der Waals surface area contributed by atoms with Crippen LogP contribution in [0.25, 0.3) is 0 Å². The number of alkyl halides is 1. The summed E-state index contributed by atoms with van der Waals surface area (Å²) in [5.41, 5.74) is -2.22. The average Bonchev–Trinajstić information content (AvgIpc) is 2.01. The van der Waals surface area contributed by atoms with E-state index in [2.05, 4.69) is 5.32 Å². The third-order valence-electron chi connectivity index (χ3n) is 1.76. The number of urea groups is 1. The van der Waals surface area contributed by atoms with Gasteiger partial charge in [0, 0.05) is 6.61 Å². The molecular weight excluding hydrogens is 179 g/mol. The maximum atomic E-state index is 13.5. The Morgan fingerprint density at radius 1 is 1.62 bits per heavy atom. The van der Waals surface area contributed by atoms with E-state index in [-0.39, 0.29) is 6.61 Å². The Morgan fingerprint density at radius 3 is 2.77 bits per heavy atom. The minimum absolute atomic E-state index is 0.220. The largest absolute Gasteiger partial charge is 0.355 e. The van der Waals surface area contributed by atoms with Gasteiger partial charge in [-0.3, -0.25) is 10.1 Å². The zero-order valence-electron chi connectivity index (χ0n) is 7.39. The summed E-state index contributed by atoms with van der Waals surface area (Å²) in [7, 11) is 0. The molecule has 13 heavy (non-hydrogen) atoms. The number of nitrogens with one attached hydrogen (secondary N) is 2. The van der Waals surface area contributed by atoms with Crippen LogP contribution >= 0.6 is 0 Å². The maximum absolute atomic E-state index is 13.5. The van der Waals surface area contributed by atoms with Crippen LogP contribution in [-0.2, 0) is 9.53 Å². The first kappa shape index (κ1) is 9.91. The zero-order chi connectivity index (χ0) is 10.1. The first-order valence-corrected chi connectivity index (χ1v) is 3.91. The summed E-state index contributed by atoms with van der Waals surface area (Å²) in [4.78, 5) is 21.7. The lowest BCUT2D eigenvalue weighted by atomic mass is 10.0. The third-order valence-corrected chi connectivity index (χ3v) is 1.76. The van der Waals surface area contributed by atoms with Crippen LogP contribution in [-0.4, -0.2) is 30.4 Å². The van der Waals surface area contributed by atoms with Crippen LogP contribution in [0.3, 0.4) is 0 Å². The fraction of sp³-hybridized carbons (Fsp3) is 0.714. The Hall–Kier alpha value is -1.17. The van der Waals surface area contributed by atoms with Crippen LogP contribution in [0.1, 0.15) is 13.8 Å². The molecule has 1 aliphatic heterocycles. The molecule has 3 amide bonds. The zero-order valence-corrected chi connectivity index (χ0v) is 7.39. The van der Waals surface area contributed by atoms with Crippen molar-refractivity contribution in [1.82, 2.24) is 10.6 Å². The number of amides is 3. The molecule has 0 radical (unpaired) electrons. The maximum Gasteiger partial charge on any atom is 0.323 e. The minimum atomic E-state index is -2.22. The summed E-state index contributed by atoms with van der Waals surface area (Å²) >= 11 is 0. The molecule has 1 saturated heterocycles. The smallest absolute Gasteiger partial charge is 0.323 e. The molecule has 0 aromatic carbocycles. The molecule has 74 valence electrons. The van der Waals surface area contributed by atoms with Gasteiger partial charge in [-0.25, -0.2) is 9.18 Å². The number of imide groups is 1. The first-order valence-electron chi connectivity index (χ1n) is 3.91. The summed E-state index contributed by atoms with van der Waals surface area (Å²) < 4.78 is 18.4. The topological polar surface area (TPSA) is 67.4 Å². The van der Waals surface area contributed by atoms with Gasteiger partial charge in [0.1, 0.15) is 0 Å². The molecule has 0 aromatic rings. The molecule has 0 bridgehead atoms. The van der Waals surface area contributed by atoms with Gasteiger partial charge in [-0.2, -0.15) is 0 Å². The van der Waals surface area contributed by atoms with Crippen molar-refractivity contribution in [3.05, 3.63) is 0 Å². The fourth-order valence-electron chi connectivity index (χ4n) is 1.000. The van der Waals surface area contributed by atoms with Gasteiger partial charge >= 0.3 is 6.03 Å². The number of carbonyl (C=O) groups excluding carboxylic acids is 2. The molecular formula is C7H11FN2O3. The third kappa shape index (κ3) is 1.77. The van der Waals surface area contributed by atoms with E-state index in [0.717, 1.165) is 6.92 Å². The molecule has 2 N–H and O–H groups in total.